The highest BCUT2D eigenvalue weighted by atomic mass is 19.1. The van der Waals surface area contributed by atoms with Crippen molar-refractivity contribution in [2.75, 3.05) is 24.4 Å². The van der Waals surface area contributed by atoms with Gasteiger partial charge in [-0.25, -0.2) is 17.9 Å². The Hall–Kier alpha value is -3.07. The molecule has 0 radical (unpaired) electrons. The normalized spacial score (nSPS) is 12.1. The maximum Gasteiger partial charge on any atom is 0.247 e. The maximum atomic E-state index is 14.5. The van der Waals surface area contributed by atoms with Gasteiger partial charge in [0, 0.05) is 24.9 Å². The number of nitrogens with one attached hydrogen (secondary N) is 2. The summed E-state index contributed by atoms with van der Waals surface area (Å²) in [6.45, 7) is 4.08. The lowest BCUT2D eigenvalue weighted by atomic mass is 10.1. The second-order valence-electron chi connectivity index (χ2n) is 6.42. The van der Waals surface area contributed by atoms with E-state index in [4.69, 9.17) is 4.74 Å². The summed E-state index contributed by atoms with van der Waals surface area (Å²) >= 11 is 0. The predicted molar refractivity (Wildman–Crippen MR) is 101 cm³/mol. The molecule has 0 saturated carbocycles. The highest BCUT2D eigenvalue weighted by Gasteiger charge is 2.13. The van der Waals surface area contributed by atoms with Crippen LogP contribution in [-0.2, 0) is 4.74 Å². The molecule has 1 atom stereocenters. The molecule has 0 aliphatic carbocycles. The summed E-state index contributed by atoms with van der Waals surface area (Å²) in [6, 6.07) is 6.32. The standard InChI is InChI=1S/C19H20F3N5O/c1-11-4-15(24-12(2)9-28-3)8-17(18(11)22)25-19-23-10-27(26-19)16-6-13(20)5-14(21)7-16/h4-8,10,12,24H,9H2,1-3H3,(H,25,26). The van der Waals surface area contributed by atoms with E-state index < -0.39 is 17.5 Å². The van der Waals surface area contributed by atoms with E-state index in [1.165, 1.54) is 11.0 Å². The summed E-state index contributed by atoms with van der Waals surface area (Å²) in [6.07, 6.45) is 1.28. The molecule has 0 saturated heterocycles. The lowest BCUT2D eigenvalue weighted by Crippen LogP contribution is -2.21. The Morgan fingerprint density at radius 1 is 1.11 bits per heavy atom. The molecule has 6 nitrogen and oxygen atoms in total. The molecule has 0 spiro atoms. The van der Waals surface area contributed by atoms with E-state index in [1.807, 2.05) is 6.92 Å². The van der Waals surface area contributed by atoms with Crippen molar-refractivity contribution in [3.8, 4) is 5.69 Å². The van der Waals surface area contributed by atoms with E-state index in [-0.39, 0.29) is 23.4 Å². The number of methoxy groups -OCH3 is 1. The van der Waals surface area contributed by atoms with Crippen LogP contribution in [0.25, 0.3) is 5.69 Å². The molecule has 0 fully saturated rings. The van der Waals surface area contributed by atoms with Crippen molar-refractivity contribution in [2.24, 2.45) is 0 Å². The number of nitrogens with zero attached hydrogens (tertiary/aromatic N) is 3. The summed E-state index contributed by atoms with van der Waals surface area (Å²) in [5, 5.41) is 10.1. The molecule has 1 aromatic heterocycles. The van der Waals surface area contributed by atoms with Crippen LogP contribution in [0.1, 0.15) is 12.5 Å². The van der Waals surface area contributed by atoms with Crippen LogP contribution >= 0.6 is 0 Å². The average Bonchev–Trinajstić information content (AvgIpc) is 3.07. The Morgan fingerprint density at radius 3 is 2.50 bits per heavy atom. The Balaban J connectivity index is 1.83. The molecular formula is C19H20F3N5O. The van der Waals surface area contributed by atoms with Crippen LogP contribution in [0.15, 0.2) is 36.7 Å². The van der Waals surface area contributed by atoms with Gasteiger partial charge < -0.3 is 15.4 Å². The van der Waals surface area contributed by atoms with Crippen LogP contribution < -0.4 is 10.6 Å². The van der Waals surface area contributed by atoms with Gasteiger partial charge in [-0.05, 0) is 43.7 Å². The maximum absolute atomic E-state index is 14.5. The molecule has 2 aromatic carbocycles. The minimum Gasteiger partial charge on any atom is -0.383 e. The fourth-order valence-electron chi connectivity index (χ4n) is 2.76. The molecule has 0 aliphatic heterocycles. The van der Waals surface area contributed by atoms with Crippen LogP contribution in [0, 0.1) is 24.4 Å². The lowest BCUT2D eigenvalue weighted by molar-refractivity contribution is 0.190. The number of aryl methyl sites for hydroxylation is 1. The van der Waals surface area contributed by atoms with E-state index in [2.05, 4.69) is 20.7 Å². The van der Waals surface area contributed by atoms with Crippen LogP contribution in [-0.4, -0.2) is 34.5 Å². The van der Waals surface area contributed by atoms with E-state index in [0.717, 1.165) is 18.2 Å². The molecule has 3 rings (SSSR count). The summed E-state index contributed by atoms with van der Waals surface area (Å²) < 4.78 is 47.6. The van der Waals surface area contributed by atoms with Gasteiger partial charge in [0.2, 0.25) is 5.95 Å². The van der Waals surface area contributed by atoms with Crippen LogP contribution in [0.4, 0.5) is 30.5 Å². The third kappa shape index (κ3) is 4.61. The molecule has 2 N–H and O–H groups in total. The first-order valence-electron chi connectivity index (χ1n) is 8.56. The van der Waals surface area contributed by atoms with Crippen molar-refractivity contribution in [3.63, 3.8) is 0 Å². The van der Waals surface area contributed by atoms with Gasteiger partial charge in [0.05, 0.1) is 18.0 Å². The molecule has 9 heteroatoms. The number of hydrogen-bond donors (Lipinski definition) is 2. The third-order valence-corrected chi connectivity index (χ3v) is 3.93. The van der Waals surface area contributed by atoms with Crippen LogP contribution in [0.2, 0.25) is 0 Å². The quantitative estimate of drug-likeness (QED) is 0.633. The number of hydrogen-bond acceptors (Lipinski definition) is 5. The second kappa shape index (κ2) is 8.30. The first kappa shape index (κ1) is 19.7. The Bertz CT molecular complexity index is 956. The second-order valence-corrected chi connectivity index (χ2v) is 6.42. The Kier molecular flexibility index (Phi) is 5.84. The Morgan fingerprint density at radius 2 is 1.82 bits per heavy atom. The highest BCUT2D eigenvalue weighted by molar-refractivity contribution is 5.64. The van der Waals surface area contributed by atoms with Crippen molar-refractivity contribution < 1.29 is 17.9 Å². The first-order chi connectivity index (χ1) is 13.4. The average molecular weight is 391 g/mol. The summed E-state index contributed by atoms with van der Waals surface area (Å²) in [5.74, 6) is -1.82. The molecular weight excluding hydrogens is 371 g/mol. The molecule has 3 aromatic rings. The summed E-state index contributed by atoms with van der Waals surface area (Å²) in [5.41, 5.74) is 1.48. The van der Waals surface area contributed by atoms with Crippen molar-refractivity contribution in [1.29, 1.82) is 0 Å². The zero-order valence-electron chi connectivity index (χ0n) is 15.6. The van der Waals surface area contributed by atoms with Crippen molar-refractivity contribution in [3.05, 3.63) is 59.7 Å². The largest absolute Gasteiger partial charge is 0.383 e. The van der Waals surface area contributed by atoms with Crippen molar-refractivity contribution >= 4 is 17.3 Å². The fourth-order valence-corrected chi connectivity index (χ4v) is 2.76. The number of rotatable bonds is 7. The predicted octanol–water partition coefficient (Wildman–Crippen LogP) is 4.18. The highest BCUT2D eigenvalue weighted by Crippen LogP contribution is 2.26. The van der Waals surface area contributed by atoms with E-state index >= 15 is 0 Å². The zero-order chi connectivity index (χ0) is 20.3. The van der Waals surface area contributed by atoms with Gasteiger partial charge in [-0.3, -0.25) is 0 Å². The fraction of sp³-hybridized carbons (Fsp3) is 0.263. The van der Waals surface area contributed by atoms with Crippen LogP contribution in [0.5, 0.6) is 0 Å². The van der Waals surface area contributed by atoms with E-state index in [1.54, 1.807) is 26.2 Å². The van der Waals surface area contributed by atoms with Gasteiger partial charge in [-0.2, -0.15) is 4.98 Å². The molecule has 0 aliphatic rings. The van der Waals surface area contributed by atoms with Gasteiger partial charge >= 0.3 is 0 Å². The molecule has 28 heavy (non-hydrogen) atoms. The number of aromatic nitrogens is 3. The number of anilines is 3. The third-order valence-electron chi connectivity index (χ3n) is 3.93. The summed E-state index contributed by atoms with van der Waals surface area (Å²) in [7, 11) is 1.60. The minimum absolute atomic E-state index is 0.0305. The van der Waals surface area contributed by atoms with Gasteiger partial charge in [0.1, 0.15) is 23.8 Å². The van der Waals surface area contributed by atoms with Gasteiger partial charge in [-0.15, -0.1) is 5.10 Å². The smallest absolute Gasteiger partial charge is 0.247 e. The molecule has 148 valence electrons. The van der Waals surface area contributed by atoms with Crippen molar-refractivity contribution in [2.45, 2.75) is 19.9 Å². The van der Waals surface area contributed by atoms with E-state index in [0.29, 0.717) is 17.9 Å². The van der Waals surface area contributed by atoms with Gasteiger partial charge in [-0.1, -0.05) is 0 Å². The first-order valence-corrected chi connectivity index (χ1v) is 8.56. The van der Waals surface area contributed by atoms with Gasteiger partial charge in [0.25, 0.3) is 0 Å². The number of halogens is 3. The monoisotopic (exact) mass is 391 g/mol. The van der Waals surface area contributed by atoms with E-state index in [9.17, 15) is 13.2 Å². The van der Waals surface area contributed by atoms with Gasteiger partial charge in [0.15, 0.2) is 0 Å². The molecule has 0 amide bonds. The Labute approximate surface area is 160 Å². The minimum atomic E-state index is -0.731. The van der Waals surface area contributed by atoms with Crippen molar-refractivity contribution in [1.82, 2.24) is 14.8 Å². The topological polar surface area (TPSA) is 64.0 Å². The molecule has 1 heterocycles. The SMILES string of the molecule is COCC(C)Nc1cc(C)c(F)c(Nc2ncn(-c3cc(F)cc(F)c3)n2)c1. The number of benzene rings is 2. The number of ether oxygens (including phenoxy) is 1. The van der Waals surface area contributed by atoms with Crippen LogP contribution in [0.3, 0.4) is 0 Å². The molecule has 1 unspecified atom stereocenters. The zero-order valence-corrected chi connectivity index (χ0v) is 15.6. The lowest BCUT2D eigenvalue weighted by Gasteiger charge is -2.16. The summed E-state index contributed by atoms with van der Waals surface area (Å²) in [4.78, 5) is 4.03. The molecule has 0 bridgehead atoms.